The van der Waals surface area contributed by atoms with Gasteiger partial charge in [-0.2, -0.15) is 9.97 Å². The zero-order valence-electron chi connectivity index (χ0n) is 19.7. The summed E-state index contributed by atoms with van der Waals surface area (Å²) in [5.74, 6) is -0.0168. The standard InChI is InChI=1S/C28H18N6O4/c35-23(31-19-9-5-17(6-10-19)27-33-25-21(37-27)3-1-15-29-25)13-14-24(36)32-20-11-7-18(8-12-20)28-34-26-22(38-28)4-2-16-30-26/h1-16H,(H,31,35)(H,32,36)/b14-13+. The Morgan fingerprint density at radius 3 is 1.42 bits per heavy atom. The van der Waals surface area contributed by atoms with E-state index in [-0.39, 0.29) is 0 Å². The lowest BCUT2D eigenvalue weighted by molar-refractivity contribution is -0.114. The summed E-state index contributed by atoms with van der Waals surface area (Å²) in [6.07, 6.45) is 5.62. The van der Waals surface area contributed by atoms with Crippen molar-refractivity contribution < 1.29 is 18.4 Å². The van der Waals surface area contributed by atoms with Gasteiger partial charge in [-0.05, 0) is 72.8 Å². The highest BCUT2D eigenvalue weighted by Crippen LogP contribution is 2.25. The molecule has 38 heavy (non-hydrogen) atoms. The molecule has 10 heteroatoms. The topological polar surface area (TPSA) is 136 Å². The zero-order chi connectivity index (χ0) is 25.9. The van der Waals surface area contributed by atoms with Gasteiger partial charge in [0, 0.05) is 47.0 Å². The van der Waals surface area contributed by atoms with Crippen LogP contribution in [-0.2, 0) is 9.59 Å². The van der Waals surface area contributed by atoms with Crippen LogP contribution in [0.3, 0.4) is 0 Å². The van der Waals surface area contributed by atoms with Gasteiger partial charge < -0.3 is 19.5 Å². The molecule has 2 aromatic carbocycles. The molecule has 4 heterocycles. The number of fused-ring (bicyclic) bond motifs is 2. The van der Waals surface area contributed by atoms with Crippen molar-refractivity contribution in [3.05, 3.63) is 97.3 Å². The van der Waals surface area contributed by atoms with Gasteiger partial charge in [-0.15, -0.1) is 0 Å². The number of benzene rings is 2. The molecule has 0 aliphatic heterocycles. The minimum Gasteiger partial charge on any atom is -0.434 e. The summed E-state index contributed by atoms with van der Waals surface area (Å²) in [6.45, 7) is 0. The van der Waals surface area contributed by atoms with E-state index < -0.39 is 11.8 Å². The summed E-state index contributed by atoms with van der Waals surface area (Å²) < 4.78 is 11.4. The molecule has 0 fully saturated rings. The van der Waals surface area contributed by atoms with Gasteiger partial charge in [0.25, 0.3) is 0 Å². The molecule has 2 amide bonds. The lowest BCUT2D eigenvalue weighted by atomic mass is 10.2. The average Bonchev–Trinajstić information content (AvgIpc) is 3.57. The number of oxazole rings is 2. The first-order valence-corrected chi connectivity index (χ1v) is 11.5. The largest absolute Gasteiger partial charge is 0.434 e. The maximum Gasteiger partial charge on any atom is 0.248 e. The normalized spacial score (nSPS) is 11.3. The monoisotopic (exact) mass is 502 g/mol. The summed E-state index contributed by atoms with van der Waals surface area (Å²) in [6, 6.07) is 21.1. The second-order valence-corrected chi connectivity index (χ2v) is 8.15. The van der Waals surface area contributed by atoms with E-state index in [1.807, 2.05) is 0 Å². The fourth-order valence-electron chi connectivity index (χ4n) is 3.70. The van der Waals surface area contributed by atoms with Crippen LogP contribution in [-0.4, -0.2) is 31.8 Å². The molecule has 6 aromatic rings. The van der Waals surface area contributed by atoms with E-state index in [4.69, 9.17) is 8.83 Å². The summed E-state index contributed by atoms with van der Waals surface area (Å²) in [7, 11) is 0. The van der Waals surface area contributed by atoms with Crippen molar-refractivity contribution in [1.29, 1.82) is 0 Å². The van der Waals surface area contributed by atoms with Crippen molar-refractivity contribution in [1.82, 2.24) is 19.9 Å². The number of rotatable bonds is 6. The minimum absolute atomic E-state index is 0.437. The first-order valence-electron chi connectivity index (χ1n) is 11.5. The van der Waals surface area contributed by atoms with Crippen molar-refractivity contribution in [2.24, 2.45) is 0 Å². The molecule has 0 radical (unpaired) electrons. The third-order valence-electron chi connectivity index (χ3n) is 5.51. The highest BCUT2D eigenvalue weighted by atomic mass is 16.4. The van der Waals surface area contributed by atoms with E-state index in [9.17, 15) is 9.59 Å². The van der Waals surface area contributed by atoms with Crippen LogP contribution in [0.4, 0.5) is 11.4 Å². The SMILES string of the molecule is O=C(/C=C/C(=O)Nc1ccc(-c2nc3ncccc3o2)cc1)Nc1ccc(-c2nc3ncccc3o2)cc1. The first kappa shape index (κ1) is 22.8. The molecular formula is C28H18N6O4. The van der Waals surface area contributed by atoms with Gasteiger partial charge in [-0.1, -0.05) is 0 Å². The van der Waals surface area contributed by atoms with Gasteiger partial charge >= 0.3 is 0 Å². The minimum atomic E-state index is -0.445. The maximum atomic E-state index is 12.3. The summed E-state index contributed by atoms with van der Waals surface area (Å²) in [5.41, 5.74) is 4.86. The molecule has 0 atom stereocenters. The van der Waals surface area contributed by atoms with Gasteiger partial charge in [-0.3, -0.25) is 9.59 Å². The van der Waals surface area contributed by atoms with Crippen LogP contribution in [0.1, 0.15) is 0 Å². The molecule has 0 saturated heterocycles. The van der Waals surface area contributed by atoms with Crippen LogP contribution in [0.5, 0.6) is 0 Å². The quantitative estimate of drug-likeness (QED) is 0.296. The molecule has 0 aliphatic carbocycles. The first-order chi connectivity index (χ1) is 18.6. The highest BCUT2D eigenvalue weighted by Gasteiger charge is 2.10. The number of hydrogen-bond acceptors (Lipinski definition) is 8. The van der Waals surface area contributed by atoms with Crippen LogP contribution in [0.15, 0.2) is 106 Å². The molecule has 0 aliphatic rings. The van der Waals surface area contributed by atoms with Crippen molar-refractivity contribution in [3.8, 4) is 22.9 Å². The van der Waals surface area contributed by atoms with Crippen molar-refractivity contribution >= 4 is 45.6 Å². The molecule has 184 valence electrons. The van der Waals surface area contributed by atoms with E-state index in [1.54, 1.807) is 85.2 Å². The Morgan fingerprint density at radius 1 is 0.605 bits per heavy atom. The Kier molecular flexibility index (Phi) is 5.87. The van der Waals surface area contributed by atoms with E-state index >= 15 is 0 Å². The number of hydrogen-bond donors (Lipinski definition) is 2. The Labute approximate surface area is 215 Å². The van der Waals surface area contributed by atoms with E-state index in [0.717, 1.165) is 23.3 Å². The lowest BCUT2D eigenvalue weighted by Crippen LogP contribution is -2.12. The highest BCUT2D eigenvalue weighted by molar-refractivity contribution is 6.07. The Bertz CT molecular complexity index is 1600. The predicted octanol–water partition coefficient (Wildman–Crippen LogP) is 5.23. The molecule has 4 aromatic heterocycles. The molecule has 0 bridgehead atoms. The second-order valence-electron chi connectivity index (χ2n) is 8.15. The molecule has 6 rings (SSSR count). The second kappa shape index (κ2) is 9.78. The van der Waals surface area contributed by atoms with Gasteiger partial charge in [0.1, 0.15) is 0 Å². The third-order valence-corrected chi connectivity index (χ3v) is 5.51. The van der Waals surface area contributed by atoms with Crippen LogP contribution in [0.2, 0.25) is 0 Å². The Balaban J connectivity index is 1.04. The number of nitrogens with one attached hydrogen (secondary N) is 2. The van der Waals surface area contributed by atoms with Gasteiger partial charge in [0.2, 0.25) is 23.6 Å². The Hall–Kier alpha value is -5.64. The Morgan fingerprint density at radius 2 is 1.03 bits per heavy atom. The molecule has 0 unspecified atom stereocenters. The number of carbonyl (C=O) groups is 2. The van der Waals surface area contributed by atoms with E-state index in [1.165, 1.54) is 0 Å². The maximum absolute atomic E-state index is 12.3. The molecule has 0 saturated carbocycles. The molecule has 10 nitrogen and oxygen atoms in total. The molecule has 2 N–H and O–H groups in total. The predicted molar refractivity (Wildman–Crippen MR) is 141 cm³/mol. The van der Waals surface area contributed by atoms with Crippen molar-refractivity contribution in [2.75, 3.05) is 10.6 Å². The molecule has 0 spiro atoms. The third kappa shape index (κ3) is 4.86. The summed E-state index contributed by atoms with van der Waals surface area (Å²) >= 11 is 0. The average molecular weight is 502 g/mol. The fraction of sp³-hybridized carbons (Fsp3) is 0. The van der Waals surface area contributed by atoms with Crippen LogP contribution in [0.25, 0.3) is 45.4 Å². The van der Waals surface area contributed by atoms with Crippen LogP contribution >= 0.6 is 0 Å². The van der Waals surface area contributed by atoms with Crippen molar-refractivity contribution in [3.63, 3.8) is 0 Å². The zero-order valence-corrected chi connectivity index (χ0v) is 19.7. The number of nitrogens with zero attached hydrogens (tertiary/aromatic N) is 4. The van der Waals surface area contributed by atoms with Gasteiger partial charge in [0.15, 0.2) is 22.5 Å². The number of anilines is 2. The van der Waals surface area contributed by atoms with Crippen LogP contribution < -0.4 is 10.6 Å². The van der Waals surface area contributed by atoms with Crippen LogP contribution in [0, 0.1) is 0 Å². The number of pyridine rings is 2. The number of aromatic nitrogens is 4. The summed E-state index contributed by atoms with van der Waals surface area (Å²) in [4.78, 5) is 41.6. The van der Waals surface area contributed by atoms with Crippen molar-refractivity contribution in [2.45, 2.75) is 0 Å². The van der Waals surface area contributed by atoms with E-state index in [0.29, 0.717) is 45.6 Å². The number of carbonyl (C=O) groups excluding carboxylic acids is 2. The molecular weight excluding hydrogens is 484 g/mol. The van der Waals surface area contributed by atoms with E-state index in [2.05, 4.69) is 30.6 Å². The number of amides is 2. The fourth-order valence-corrected chi connectivity index (χ4v) is 3.70. The summed E-state index contributed by atoms with van der Waals surface area (Å²) in [5, 5.41) is 5.42. The van der Waals surface area contributed by atoms with Gasteiger partial charge in [-0.25, -0.2) is 9.97 Å². The smallest absolute Gasteiger partial charge is 0.248 e. The van der Waals surface area contributed by atoms with Gasteiger partial charge in [0.05, 0.1) is 0 Å². The lowest BCUT2D eigenvalue weighted by Gasteiger charge is -2.04.